The van der Waals surface area contributed by atoms with Gasteiger partial charge in [-0.1, -0.05) is 44.2 Å². The Morgan fingerprint density at radius 3 is 2.81 bits per heavy atom. The van der Waals surface area contributed by atoms with Crippen LogP contribution in [0, 0.1) is 23.7 Å². The van der Waals surface area contributed by atoms with Crippen LogP contribution >= 0.6 is 0 Å². The Kier molecular flexibility index (Phi) is 6.59. The van der Waals surface area contributed by atoms with Crippen molar-refractivity contribution in [2.75, 3.05) is 6.61 Å². The fourth-order valence-electron chi connectivity index (χ4n) is 4.94. The van der Waals surface area contributed by atoms with Gasteiger partial charge in [0.15, 0.2) is 0 Å². The van der Waals surface area contributed by atoms with Gasteiger partial charge in [0.25, 0.3) is 0 Å². The molecule has 27 heavy (non-hydrogen) atoms. The summed E-state index contributed by atoms with van der Waals surface area (Å²) in [7, 11) is 0. The summed E-state index contributed by atoms with van der Waals surface area (Å²) >= 11 is 0. The van der Waals surface area contributed by atoms with Gasteiger partial charge in [-0.3, -0.25) is 4.79 Å². The van der Waals surface area contributed by atoms with Gasteiger partial charge in [-0.25, -0.2) is 0 Å². The van der Waals surface area contributed by atoms with Crippen molar-refractivity contribution in [1.29, 1.82) is 0 Å². The third-order valence-electron chi connectivity index (χ3n) is 6.20. The fraction of sp³-hybridized carbons (Fsp3) is 0.696. The second kappa shape index (κ2) is 8.74. The lowest BCUT2D eigenvalue weighted by Crippen LogP contribution is -2.41. The van der Waals surface area contributed by atoms with Crippen LogP contribution in [0.1, 0.15) is 52.9 Å². The average Bonchev–Trinajstić information content (AvgIpc) is 2.58. The number of hydrogen-bond acceptors (Lipinski definition) is 4. The molecule has 1 fully saturated rings. The van der Waals surface area contributed by atoms with Crippen molar-refractivity contribution in [3.8, 4) is 0 Å². The lowest BCUT2D eigenvalue weighted by molar-refractivity contribution is -0.160. The molecule has 150 valence electrons. The number of rotatable bonds is 6. The Morgan fingerprint density at radius 1 is 1.33 bits per heavy atom. The van der Waals surface area contributed by atoms with Crippen molar-refractivity contribution in [3.63, 3.8) is 0 Å². The largest absolute Gasteiger partial charge is 0.462 e. The summed E-state index contributed by atoms with van der Waals surface area (Å²) in [5.74, 6) is 1.54. The van der Waals surface area contributed by atoms with Gasteiger partial charge in [0.2, 0.25) is 0 Å². The minimum Gasteiger partial charge on any atom is -0.462 e. The highest BCUT2D eigenvalue weighted by atomic mass is 16.5. The SMILES string of the molecule is C=C(C)CO[C@H]1C[C@@H](C)C=C2C=C[C@H](C)[C@H](CC[C@@H]3C[C@@H](O)CC(=O)O3)[C@H]21. The maximum atomic E-state index is 11.6. The van der Waals surface area contributed by atoms with Gasteiger partial charge in [0, 0.05) is 12.3 Å². The zero-order valence-electron chi connectivity index (χ0n) is 16.9. The number of carbonyl (C=O) groups excluding carboxylic acids is 1. The quantitative estimate of drug-likeness (QED) is 0.559. The van der Waals surface area contributed by atoms with E-state index in [-0.39, 0.29) is 24.6 Å². The van der Waals surface area contributed by atoms with E-state index in [4.69, 9.17) is 9.47 Å². The maximum Gasteiger partial charge on any atom is 0.308 e. The Labute approximate surface area is 163 Å². The molecule has 4 nitrogen and oxygen atoms in total. The molecule has 3 rings (SSSR count). The molecule has 4 heteroatoms. The van der Waals surface area contributed by atoms with Crippen LogP contribution in [0.4, 0.5) is 0 Å². The Balaban J connectivity index is 1.71. The van der Waals surface area contributed by atoms with Gasteiger partial charge in [-0.15, -0.1) is 0 Å². The number of fused-ring (bicyclic) bond motifs is 1. The van der Waals surface area contributed by atoms with Gasteiger partial charge >= 0.3 is 5.97 Å². The number of carbonyl (C=O) groups is 1. The molecule has 0 spiro atoms. The van der Waals surface area contributed by atoms with Crippen molar-refractivity contribution in [2.45, 2.75) is 71.2 Å². The topological polar surface area (TPSA) is 55.8 Å². The van der Waals surface area contributed by atoms with Crippen LogP contribution in [0.3, 0.4) is 0 Å². The van der Waals surface area contributed by atoms with Gasteiger partial charge < -0.3 is 14.6 Å². The van der Waals surface area contributed by atoms with E-state index in [0.717, 1.165) is 24.8 Å². The van der Waals surface area contributed by atoms with Crippen molar-refractivity contribution >= 4 is 5.97 Å². The van der Waals surface area contributed by atoms with Crippen molar-refractivity contribution in [1.82, 2.24) is 0 Å². The molecule has 1 aliphatic heterocycles. The summed E-state index contributed by atoms with van der Waals surface area (Å²) in [5, 5.41) is 9.87. The zero-order chi connectivity index (χ0) is 19.6. The van der Waals surface area contributed by atoms with Crippen molar-refractivity contribution in [2.24, 2.45) is 23.7 Å². The summed E-state index contributed by atoms with van der Waals surface area (Å²) in [6, 6.07) is 0. The number of allylic oxidation sites excluding steroid dienone is 3. The first kappa shape index (κ1) is 20.3. The lowest BCUT2D eigenvalue weighted by atomic mass is 9.65. The van der Waals surface area contributed by atoms with E-state index in [1.165, 1.54) is 5.57 Å². The Hall–Kier alpha value is -1.39. The maximum absolute atomic E-state index is 11.6. The molecule has 1 heterocycles. The monoisotopic (exact) mass is 374 g/mol. The van der Waals surface area contributed by atoms with Crippen LogP contribution in [-0.4, -0.2) is 36.0 Å². The van der Waals surface area contributed by atoms with Crippen LogP contribution in [0.5, 0.6) is 0 Å². The second-order valence-corrected chi connectivity index (χ2v) is 8.88. The third kappa shape index (κ3) is 5.11. The fourth-order valence-corrected chi connectivity index (χ4v) is 4.94. The average molecular weight is 375 g/mol. The molecule has 0 amide bonds. The predicted molar refractivity (Wildman–Crippen MR) is 106 cm³/mol. The highest BCUT2D eigenvalue weighted by Gasteiger charge is 2.40. The van der Waals surface area contributed by atoms with Crippen LogP contribution in [0.15, 0.2) is 36.0 Å². The van der Waals surface area contributed by atoms with E-state index >= 15 is 0 Å². The van der Waals surface area contributed by atoms with Crippen LogP contribution in [0.2, 0.25) is 0 Å². The molecule has 0 saturated carbocycles. The van der Waals surface area contributed by atoms with E-state index in [0.29, 0.717) is 36.7 Å². The molecular weight excluding hydrogens is 340 g/mol. The zero-order valence-corrected chi connectivity index (χ0v) is 16.9. The van der Waals surface area contributed by atoms with E-state index in [1.807, 2.05) is 6.92 Å². The highest BCUT2D eigenvalue weighted by molar-refractivity contribution is 5.70. The van der Waals surface area contributed by atoms with Crippen molar-refractivity contribution < 1.29 is 19.4 Å². The Bertz CT molecular complexity index is 620. The van der Waals surface area contributed by atoms with E-state index < -0.39 is 6.10 Å². The first-order valence-electron chi connectivity index (χ1n) is 10.4. The summed E-state index contributed by atoms with van der Waals surface area (Å²) in [5.41, 5.74) is 2.45. The minimum atomic E-state index is -0.558. The molecule has 0 radical (unpaired) electrons. The highest BCUT2D eigenvalue weighted by Crippen LogP contribution is 2.45. The molecule has 0 aromatic rings. The van der Waals surface area contributed by atoms with E-state index in [9.17, 15) is 9.90 Å². The Morgan fingerprint density at radius 2 is 2.11 bits per heavy atom. The standard InChI is InChI=1S/C23H34O4/c1-14(2)13-26-21-10-15(3)9-17-6-5-16(4)20(23(17)21)8-7-19-11-18(24)12-22(25)27-19/h5-6,9,15-16,18-21,23-24H,1,7-8,10-13H2,2-4H3/t15-,16-,18+,19+,20-,21-,23-/m0/s1. The molecule has 3 aliphatic rings. The van der Waals surface area contributed by atoms with Crippen LogP contribution in [-0.2, 0) is 14.3 Å². The number of esters is 1. The molecule has 2 aliphatic carbocycles. The first-order chi connectivity index (χ1) is 12.8. The van der Waals surface area contributed by atoms with Crippen LogP contribution < -0.4 is 0 Å². The summed E-state index contributed by atoms with van der Waals surface area (Å²) in [6.45, 7) is 11.1. The molecule has 0 aromatic heterocycles. The number of aliphatic hydroxyl groups is 1. The molecule has 0 unspecified atom stereocenters. The summed E-state index contributed by atoms with van der Waals surface area (Å²) in [6.07, 6.45) is 9.96. The van der Waals surface area contributed by atoms with Crippen molar-refractivity contribution in [3.05, 3.63) is 36.0 Å². The number of aliphatic hydroxyl groups excluding tert-OH is 1. The molecule has 1 saturated heterocycles. The molecule has 1 N–H and O–H groups in total. The lowest BCUT2D eigenvalue weighted by Gasteiger charge is -2.44. The normalized spacial score (nSPS) is 38.7. The number of hydrogen-bond donors (Lipinski definition) is 1. The van der Waals surface area contributed by atoms with Gasteiger partial charge in [-0.05, 0) is 49.5 Å². The van der Waals surface area contributed by atoms with Crippen LogP contribution in [0.25, 0.3) is 0 Å². The number of cyclic esters (lactones) is 1. The number of ether oxygens (including phenoxy) is 2. The first-order valence-corrected chi connectivity index (χ1v) is 10.4. The molecule has 0 bridgehead atoms. The predicted octanol–water partition coefficient (Wildman–Crippen LogP) is 4.20. The minimum absolute atomic E-state index is 0.128. The van der Waals surface area contributed by atoms with Gasteiger partial charge in [0.05, 0.1) is 25.2 Å². The smallest absolute Gasteiger partial charge is 0.308 e. The summed E-state index contributed by atoms with van der Waals surface area (Å²) in [4.78, 5) is 11.6. The molecule has 7 atom stereocenters. The third-order valence-corrected chi connectivity index (χ3v) is 6.20. The van der Waals surface area contributed by atoms with Gasteiger partial charge in [-0.2, -0.15) is 0 Å². The molecule has 0 aromatic carbocycles. The summed E-state index contributed by atoms with van der Waals surface area (Å²) < 4.78 is 11.8. The van der Waals surface area contributed by atoms with Gasteiger partial charge in [0.1, 0.15) is 6.10 Å². The second-order valence-electron chi connectivity index (χ2n) is 8.88. The van der Waals surface area contributed by atoms with E-state index in [2.05, 4.69) is 38.7 Å². The van der Waals surface area contributed by atoms with E-state index in [1.54, 1.807) is 0 Å². The molecular formula is C23H34O4.